The van der Waals surface area contributed by atoms with E-state index in [1.54, 1.807) is 0 Å². The van der Waals surface area contributed by atoms with Gasteiger partial charge in [-0.3, -0.25) is 9.59 Å². The molecule has 1 N–H and O–H groups in total. The van der Waals surface area contributed by atoms with Gasteiger partial charge in [-0.25, -0.2) is 0 Å². The maximum Gasteiger partial charge on any atom is 0.254 e. The molecule has 156 valence electrons. The average Bonchev–Trinajstić information content (AvgIpc) is 2.80. The monoisotopic (exact) mass is 412 g/mol. The molecule has 2 heterocycles. The van der Waals surface area contributed by atoms with Gasteiger partial charge in [0.2, 0.25) is 5.91 Å². The van der Waals surface area contributed by atoms with Crippen molar-refractivity contribution in [3.63, 3.8) is 0 Å². The Kier molecular flexibility index (Phi) is 4.94. The van der Waals surface area contributed by atoms with Gasteiger partial charge in [0, 0.05) is 17.8 Å². The van der Waals surface area contributed by atoms with E-state index < -0.39 is 5.92 Å². The Morgan fingerprint density at radius 1 is 1.00 bits per heavy atom. The van der Waals surface area contributed by atoms with Crippen LogP contribution in [0.3, 0.4) is 0 Å². The van der Waals surface area contributed by atoms with E-state index in [0.29, 0.717) is 24.4 Å². The third-order valence-electron chi connectivity index (χ3n) is 6.15. The summed E-state index contributed by atoms with van der Waals surface area (Å²) in [7, 11) is 0. The van der Waals surface area contributed by atoms with Gasteiger partial charge in [0.25, 0.3) is 5.91 Å². The standard InChI is InChI=1S/C26H24N2O3/c1-2-31-19-13-11-18(12-14-19)27-25(29)23-21-9-5-6-10-22(21)26(30)28-16-15-17-7-3-4-8-20(17)24(23)28/h3-14,23-24H,2,15-16H2,1H3,(H,27,29)/t23-,24-/m1/s1. The molecule has 0 saturated carbocycles. The van der Waals surface area contributed by atoms with Gasteiger partial charge < -0.3 is 15.0 Å². The van der Waals surface area contributed by atoms with Crippen LogP contribution in [0.15, 0.2) is 72.8 Å². The number of amides is 2. The van der Waals surface area contributed by atoms with Gasteiger partial charge in [-0.2, -0.15) is 0 Å². The molecule has 31 heavy (non-hydrogen) atoms. The van der Waals surface area contributed by atoms with E-state index in [1.807, 2.05) is 78.6 Å². The molecule has 2 atom stereocenters. The van der Waals surface area contributed by atoms with Crippen molar-refractivity contribution in [3.05, 3.63) is 95.1 Å². The van der Waals surface area contributed by atoms with E-state index in [0.717, 1.165) is 23.3 Å². The molecule has 0 fully saturated rings. The summed E-state index contributed by atoms with van der Waals surface area (Å²) in [6.45, 7) is 3.14. The Balaban J connectivity index is 1.55. The second-order valence-electron chi connectivity index (χ2n) is 7.90. The minimum absolute atomic E-state index is 0.000204. The molecule has 0 bridgehead atoms. The van der Waals surface area contributed by atoms with Crippen LogP contribution in [0.4, 0.5) is 5.69 Å². The van der Waals surface area contributed by atoms with Crippen molar-refractivity contribution in [1.29, 1.82) is 0 Å². The van der Waals surface area contributed by atoms with Gasteiger partial charge in [0.05, 0.1) is 18.6 Å². The van der Waals surface area contributed by atoms with Crippen molar-refractivity contribution < 1.29 is 14.3 Å². The van der Waals surface area contributed by atoms with Crippen molar-refractivity contribution in [2.24, 2.45) is 0 Å². The molecule has 2 aliphatic rings. The number of hydrogen-bond donors (Lipinski definition) is 1. The first-order chi connectivity index (χ1) is 15.2. The van der Waals surface area contributed by atoms with Crippen molar-refractivity contribution in [1.82, 2.24) is 4.90 Å². The molecule has 0 aromatic heterocycles. The van der Waals surface area contributed by atoms with E-state index in [9.17, 15) is 9.59 Å². The van der Waals surface area contributed by atoms with Crippen LogP contribution in [-0.2, 0) is 11.2 Å². The molecule has 3 aromatic rings. The largest absolute Gasteiger partial charge is 0.494 e. The maximum absolute atomic E-state index is 13.6. The van der Waals surface area contributed by atoms with Crippen LogP contribution in [0.5, 0.6) is 5.75 Å². The second-order valence-corrected chi connectivity index (χ2v) is 7.90. The summed E-state index contributed by atoms with van der Waals surface area (Å²) >= 11 is 0. The zero-order valence-electron chi connectivity index (χ0n) is 17.4. The summed E-state index contributed by atoms with van der Waals surface area (Å²) in [6, 6.07) is 22.7. The zero-order chi connectivity index (χ0) is 21.4. The fraction of sp³-hybridized carbons (Fsp3) is 0.231. The first kappa shape index (κ1) is 19.4. The highest BCUT2D eigenvalue weighted by molar-refractivity contribution is 6.04. The molecule has 0 unspecified atom stereocenters. The molecule has 5 rings (SSSR count). The third-order valence-corrected chi connectivity index (χ3v) is 6.15. The average molecular weight is 412 g/mol. The minimum atomic E-state index is -0.484. The number of carbonyl (C=O) groups is 2. The van der Waals surface area contributed by atoms with Crippen LogP contribution in [0.2, 0.25) is 0 Å². The highest BCUT2D eigenvalue weighted by Crippen LogP contribution is 2.46. The lowest BCUT2D eigenvalue weighted by atomic mass is 9.76. The van der Waals surface area contributed by atoms with Crippen LogP contribution in [-0.4, -0.2) is 29.9 Å². The number of hydrogen-bond acceptors (Lipinski definition) is 3. The number of fused-ring (bicyclic) bond motifs is 4. The Morgan fingerprint density at radius 3 is 2.48 bits per heavy atom. The van der Waals surface area contributed by atoms with Crippen molar-refractivity contribution in [2.45, 2.75) is 25.3 Å². The second kappa shape index (κ2) is 7.91. The van der Waals surface area contributed by atoms with E-state index in [1.165, 1.54) is 5.56 Å². The molecule has 0 spiro atoms. The van der Waals surface area contributed by atoms with Gasteiger partial charge in [0.1, 0.15) is 5.75 Å². The lowest BCUT2D eigenvalue weighted by Crippen LogP contribution is -2.49. The van der Waals surface area contributed by atoms with Crippen molar-refractivity contribution in [3.8, 4) is 5.75 Å². The number of nitrogens with one attached hydrogen (secondary N) is 1. The number of carbonyl (C=O) groups excluding carboxylic acids is 2. The molecular weight excluding hydrogens is 388 g/mol. The molecule has 2 amide bonds. The molecular formula is C26H24N2O3. The molecule has 5 heteroatoms. The van der Waals surface area contributed by atoms with Gasteiger partial charge in [0.15, 0.2) is 0 Å². The first-order valence-electron chi connectivity index (χ1n) is 10.7. The Bertz CT molecular complexity index is 1140. The molecule has 0 aliphatic carbocycles. The van der Waals surface area contributed by atoms with E-state index in [4.69, 9.17) is 4.74 Å². The van der Waals surface area contributed by atoms with Gasteiger partial charge in [-0.1, -0.05) is 42.5 Å². The Morgan fingerprint density at radius 2 is 1.71 bits per heavy atom. The van der Waals surface area contributed by atoms with E-state index >= 15 is 0 Å². The smallest absolute Gasteiger partial charge is 0.254 e. The molecule has 0 radical (unpaired) electrons. The number of benzene rings is 3. The summed E-state index contributed by atoms with van der Waals surface area (Å²) in [5.41, 5.74) is 4.37. The highest BCUT2D eigenvalue weighted by Gasteiger charge is 2.46. The van der Waals surface area contributed by atoms with Gasteiger partial charge in [-0.15, -0.1) is 0 Å². The third kappa shape index (κ3) is 3.36. The quantitative estimate of drug-likeness (QED) is 0.683. The van der Waals surface area contributed by atoms with Crippen molar-refractivity contribution in [2.75, 3.05) is 18.5 Å². The summed E-state index contributed by atoms with van der Waals surface area (Å²) in [4.78, 5) is 28.8. The van der Waals surface area contributed by atoms with Crippen LogP contribution in [0, 0.1) is 0 Å². The Labute approximate surface area is 181 Å². The molecule has 0 saturated heterocycles. The summed E-state index contributed by atoms with van der Waals surface area (Å²) in [5.74, 6) is 0.166. The van der Waals surface area contributed by atoms with Crippen molar-refractivity contribution >= 4 is 17.5 Å². The topological polar surface area (TPSA) is 58.6 Å². The van der Waals surface area contributed by atoms with Crippen LogP contribution in [0.25, 0.3) is 0 Å². The maximum atomic E-state index is 13.6. The number of anilines is 1. The minimum Gasteiger partial charge on any atom is -0.494 e. The lowest BCUT2D eigenvalue weighted by molar-refractivity contribution is -0.119. The summed E-state index contributed by atoms with van der Waals surface area (Å²) in [6.07, 6.45) is 0.799. The Hall–Kier alpha value is -3.60. The fourth-order valence-electron chi connectivity index (χ4n) is 4.78. The summed E-state index contributed by atoms with van der Waals surface area (Å²) < 4.78 is 5.49. The van der Waals surface area contributed by atoms with Crippen LogP contribution < -0.4 is 10.1 Å². The van der Waals surface area contributed by atoms with Gasteiger partial charge in [-0.05, 0) is 60.4 Å². The molecule has 2 aliphatic heterocycles. The highest BCUT2D eigenvalue weighted by atomic mass is 16.5. The lowest BCUT2D eigenvalue weighted by Gasteiger charge is -2.45. The zero-order valence-corrected chi connectivity index (χ0v) is 17.4. The summed E-state index contributed by atoms with van der Waals surface area (Å²) in [5, 5.41) is 3.07. The number of rotatable bonds is 4. The number of nitrogens with zero attached hydrogens (tertiary/aromatic N) is 1. The first-order valence-corrected chi connectivity index (χ1v) is 10.7. The van der Waals surface area contributed by atoms with Crippen LogP contribution >= 0.6 is 0 Å². The SMILES string of the molecule is CCOc1ccc(NC(=O)[C@@H]2c3ccccc3C(=O)N3CCc4ccccc4[C@H]23)cc1. The van der Waals surface area contributed by atoms with E-state index in [-0.39, 0.29) is 17.9 Å². The van der Waals surface area contributed by atoms with E-state index in [2.05, 4.69) is 11.4 Å². The van der Waals surface area contributed by atoms with Gasteiger partial charge >= 0.3 is 0 Å². The fourth-order valence-corrected chi connectivity index (χ4v) is 4.78. The molecule has 5 nitrogen and oxygen atoms in total. The molecule has 3 aromatic carbocycles. The predicted molar refractivity (Wildman–Crippen MR) is 119 cm³/mol. The number of ether oxygens (including phenoxy) is 1. The predicted octanol–water partition coefficient (Wildman–Crippen LogP) is 4.56. The van der Waals surface area contributed by atoms with Crippen LogP contribution in [0.1, 0.15) is 45.9 Å². The normalized spacial score (nSPS) is 19.1.